The van der Waals surface area contributed by atoms with E-state index in [-0.39, 0.29) is 11.9 Å². The molecule has 1 aromatic carbocycles. The molecule has 0 spiro atoms. The van der Waals surface area contributed by atoms with Crippen LogP contribution in [0.1, 0.15) is 36.9 Å². The maximum absolute atomic E-state index is 12.3. The molecular formula is C19H20N2O. The quantitative estimate of drug-likeness (QED) is 0.855. The Hall–Kier alpha value is -2.42. The van der Waals surface area contributed by atoms with Gasteiger partial charge in [-0.05, 0) is 48.9 Å². The summed E-state index contributed by atoms with van der Waals surface area (Å²) >= 11 is 0. The van der Waals surface area contributed by atoms with Crippen LogP contribution in [0.15, 0.2) is 66.5 Å². The third-order valence-electron chi connectivity index (χ3n) is 4.04. The van der Waals surface area contributed by atoms with E-state index in [1.54, 1.807) is 18.5 Å². The van der Waals surface area contributed by atoms with Crippen LogP contribution in [0.4, 0.5) is 0 Å². The number of carbonyl (C=O) groups excluding carboxylic acids is 1. The Bertz CT molecular complexity index is 621. The molecule has 1 aliphatic carbocycles. The molecule has 3 rings (SSSR count). The summed E-state index contributed by atoms with van der Waals surface area (Å²) in [6.07, 6.45) is 7.67. The Labute approximate surface area is 131 Å². The molecule has 0 saturated heterocycles. The Kier molecular flexibility index (Phi) is 4.33. The number of aromatic nitrogens is 1. The molecule has 22 heavy (non-hydrogen) atoms. The molecule has 0 bridgehead atoms. The molecule has 0 unspecified atom stereocenters. The van der Waals surface area contributed by atoms with E-state index >= 15 is 0 Å². The first-order valence-electron chi connectivity index (χ1n) is 7.67. The first-order chi connectivity index (χ1) is 10.7. The van der Waals surface area contributed by atoms with Gasteiger partial charge in [0, 0.05) is 18.5 Å². The predicted octanol–water partition coefficient (Wildman–Crippen LogP) is 3.64. The highest BCUT2D eigenvalue weighted by Crippen LogP contribution is 2.35. The number of nitrogens with one attached hydrogen (secondary N) is 1. The third-order valence-corrected chi connectivity index (χ3v) is 4.04. The Morgan fingerprint density at radius 1 is 1.14 bits per heavy atom. The largest absolute Gasteiger partial charge is 0.342 e. The fraction of sp³-hybridized carbons (Fsp3) is 0.263. The lowest BCUT2D eigenvalue weighted by atomic mass is 9.99. The lowest BCUT2D eigenvalue weighted by Gasteiger charge is -2.19. The van der Waals surface area contributed by atoms with E-state index in [1.165, 1.54) is 18.4 Å². The van der Waals surface area contributed by atoms with Crippen molar-refractivity contribution in [3.63, 3.8) is 0 Å². The zero-order chi connectivity index (χ0) is 15.4. The van der Waals surface area contributed by atoms with Crippen molar-refractivity contribution >= 4 is 5.91 Å². The minimum atomic E-state index is -0.153. The van der Waals surface area contributed by atoms with Crippen LogP contribution in [0.3, 0.4) is 0 Å². The standard InChI is InChI=1S/C19H20N2O/c1-14(15-7-8-15)13-18(22)21-19(16-5-3-2-4-6-16)17-9-11-20-12-10-17/h2-6,9-13,15,19H,7-8H2,1H3,(H,21,22)/b14-13+/t19-/m1/s1. The summed E-state index contributed by atoms with van der Waals surface area (Å²) in [6, 6.07) is 13.7. The number of hydrogen-bond acceptors (Lipinski definition) is 2. The third kappa shape index (κ3) is 3.61. The van der Waals surface area contributed by atoms with E-state index in [9.17, 15) is 4.79 Å². The smallest absolute Gasteiger partial charge is 0.244 e. The van der Waals surface area contributed by atoms with Crippen LogP contribution >= 0.6 is 0 Å². The molecule has 1 N–H and O–H groups in total. The average molecular weight is 292 g/mol. The average Bonchev–Trinajstić information content (AvgIpc) is 3.39. The van der Waals surface area contributed by atoms with Gasteiger partial charge >= 0.3 is 0 Å². The maximum Gasteiger partial charge on any atom is 0.244 e. The predicted molar refractivity (Wildman–Crippen MR) is 87.1 cm³/mol. The van der Waals surface area contributed by atoms with E-state index < -0.39 is 0 Å². The van der Waals surface area contributed by atoms with E-state index in [1.807, 2.05) is 49.4 Å². The van der Waals surface area contributed by atoms with Gasteiger partial charge in [0.2, 0.25) is 5.91 Å². The summed E-state index contributed by atoms with van der Waals surface area (Å²) in [5.41, 5.74) is 3.28. The van der Waals surface area contributed by atoms with Crippen molar-refractivity contribution in [3.8, 4) is 0 Å². The van der Waals surface area contributed by atoms with Crippen LogP contribution in [0.5, 0.6) is 0 Å². The number of amides is 1. The van der Waals surface area contributed by atoms with Crippen LogP contribution in [0.25, 0.3) is 0 Å². The second kappa shape index (κ2) is 6.56. The van der Waals surface area contributed by atoms with Gasteiger partial charge in [-0.25, -0.2) is 0 Å². The molecule has 1 amide bonds. The van der Waals surface area contributed by atoms with Crippen molar-refractivity contribution in [1.29, 1.82) is 0 Å². The SMILES string of the molecule is C/C(=C\C(=O)N[C@H](c1ccccc1)c1ccncc1)C1CC1. The van der Waals surface area contributed by atoms with Crippen LogP contribution in [-0.2, 0) is 4.79 Å². The first kappa shape index (κ1) is 14.5. The van der Waals surface area contributed by atoms with Gasteiger partial charge in [0.1, 0.15) is 0 Å². The number of hydrogen-bond donors (Lipinski definition) is 1. The summed E-state index contributed by atoms with van der Waals surface area (Å²) < 4.78 is 0. The number of allylic oxidation sites excluding steroid dienone is 1. The van der Waals surface area contributed by atoms with Crippen LogP contribution in [-0.4, -0.2) is 10.9 Å². The summed E-state index contributed by atoms with van der Waals surface area (Å²) in [7, 11) is 0. The number of benzene rings is 1. The molecule has 1 atom stereocenters. The molecule has 112 valence electrons. The lowest BCUT2D eigenvalue weighted by Crippen LogP contribution is -2.28. The van der Waals surface area contributed by atoms with Gasteiger partial charge in [0.05, 0.1) is 6.04 Å². The minimum absolute atomic E-state index is 0.0323. The van der Waals surface area contributed by atoms with Gasteiger partial charge in [-0.3, -0.25) is 9.78 Å². The molecule has 2 aromatic rings. The molecule has 3 heteroatoms. The second-order valence-corrected chi connectivity index (χ2v) is 5.80. The summed E-state index contributed by atoms with van der Waals surface area (Å²) in [4.78, 5) is 16.4. The molecular weight excluding hydrogens is 272 g/mol. The summed E-state index contributed by atoms with van der Waals surface area (Å²) in [5.74, 6) is 0.580. The Morgan fingerprint density at radius 3 is 2.41 bits per heavy atom. The zero-order valence-electron chi connectivity index (χ0n) is 12.7. The normalized spacial score (nSPS) is 16.1. The van der Waals surface area contributed by atoms with Crippen LogP contribution in [0.2, 0.25) is 0 Å². The lowest BCUT2D eigenvalue weighted by molar-refractivity contribution is -0.117. The van der Waals surface area contributed by atoms with Gasteiger partial charge in [0.15, 0.2) is 0 Å². The van der Waals surface area contributed by atoms with Crippen molar-refractivity contribution in [2.45, 2.75) is 25.8 Å². The van der Waals surface area contributed by atoms with Gasteiger partial charge in [-0.1, -0.05) is 35.9 Å². The molecule has 0 radical (unpaired) electrons. The van der Waals surface area contributed by atoms with Crippen LogP contribution in [0, 0.1) is 5.92 Å². The number of rotatable bonds is 5. The van der Waals surface area contributed by atoms with Gasteiger partial charge in [-0.15, -0.1) is 0 Å². The highest BCUT2D eigenvalue weighted by molar-refractivity contribution is 5.89. The fourth-order valence-electron chi connectivity index (χ4n) is 2.61. The maximum atomic E-state index is 12.3. The van der Waals surface area contributed by atoms with Crippen LogP contribution < -0.4 is 5.32 Å². The molecule has 3 nitrogen and oxygen atoms in total. The van der Waals surface area contributed by atoms with Crippen molar-refractivity contribution in [3.05, 3.63) is 77.6 Å². The number of carbonyl (C=O) groups is 1. The Morgan fingerprint density at radius 2 is 1.77 bits per heavy atom. The summed E-state index contributed by atoms with van der Waals surface area (Å²) in [5, 5.41) is 3.12. The van der Waals surface area contributed by atoms with Crippen molar-refractivity contribution in [2.75, 3.05) is 0 Å². The molecule has 0 aliphatic heterocycles. The minimum Gasteiger partial charge on any atom is -0.342 e. The van der Waals surface area contributed by atoms with E-state index in [2.05, 4.69) is 10.3 Å². The molecule has 1 aromatic heterocycles. The molecule has 1 saturated carbocycles. The molecule has 1 heterocycles. The first-order valence-corrected chi connectivity index (χ1v) is 7.67. The zero-order valence-corrected chi connectivity index (χ0v) is 12.7. The second-order valence-electron chi connectivity index (χ2n) is 5.80. The highest BCUT2D eigenvalue weighted by atomic mass is 16.1. The van der Waals surface area contributed by atoms with Crippen molar-refractivity contribution in [1.82, 2.24) is 10.3 Å². The fourth-order valence-corrected chi connectivity index (χ4v) is 2.61. The van der Waals surface area contributed by atoms with Crippen molar-refractivity contribution < 1.29 is 4.79 Å². The van der Waals surface area contributed by atoms with Gasteiger partial charge in [-0.2, -0.15) is 0 Å². The van der Waals surface area contributed by atoms with E-state index in [4.69, 9.17) is 0 Å². The summed E-state index contributed by atoms with van der Waals surface area (Å²) in [6.45, 7) is 2.04. The Balaban J connectivity index is 1.83. The monoisotopic (exact) mass is 292 g/mol. The van der Waals surface area contributed by atoms with E-state index in [0.717, 1.165) is 11.1 Å². The topological polar surface area (TPSA) is 42.0 Å². The highest BCUT2D eigenvalue weighted by Gasteiger charge is 2.24. The van der Waals surface area contributed by atoms with Crippen molar-refractivity contribution in [2.24, 2.45) is 5.92 Å². The van der Waals surface area contributed by atoms with E-state index in [0.29, 0.717) is 5.92 Å². The number of pyridine rings is 1. The van der Waals surface area contributed by atoms with Gasteiger partial charge < -0.3 is 5.32 Å². The molecule has 1 aliphatic rings. The van der Waals surface area contributed by atoms with Gasteiger partial charge in [0.25, 0.3) is 0 Å². The molecule has 1 fully saturated rings. The number of nitrogens with zero attached hydrogens (tertiary/aromatic N) is 1.